The highest BCUT2D eigenvalue weighted by atomic mass is 14.2. The summed E-state index contributed by atoms with van der Waals surface area (Å²) in [5.41, 5.74) is 8.76. The summed E-state index contributed by atoms with van der Waals surface area (Å²) in [4.78, 5) is 0. The molecule has 0 unspecified atom stereocenters. The highest BCUT2D eigenvalue weighted by Crippen LogP contribution is 2.39. The lowest BCUT2D eigenvalue weighted by Gasteiger charge is -2.17. The van der Waals surface area contributed by atoms with Gasteiger partial charge in [-0.05, 0) is 46.6 Å². The van der Waals surface area contributed by atoms with Crippen LogP contribution in [0.3, 0.4) is 0 Å². The zero-order valence-corrected chi connectivity index (χ0v) is 12.6. The maximum Gasteiger partial charge on any atom is -0.00577 e. The Bertz CT molecular complexity index is 645. The summed E-state index contributed by atoms with van der Waals surface area (Å²) in [6, 6.07) is 15.5. The maximum atomic E-state index is 2.42. The molecule has 0 spiro atoms. The predicted molar refractivity (Wildman–Crippen MR) is 87.9 cm³/mol. The first-order valence-corrected chi connectivity index (χ1v) is 7.61. The Morgan fingerprint density at radius 1 is 1.00 bits per heavy atom. The summed E-state index contributed by atoms with van der Waals surface area (Å²) in [6.45, 7) is 6.82. The molecule has 0 aromatic heterocycles. The molecule has 20 heavy (non-hydrogen) atoms. The van der Waals surface area contributed by atoms with Gasteiger partial charge in [0.2, 0.25) is 0 Å². The fourth-order valence-electron chi connectivity index (χ4n) is 3.13. The van der Waals surface area contributed by atoms with Crippen LogP contribution in [0, 0.1) is 0 Å². The molecule has 3 rings (SSSR count). The molecule has 102 valence electrons. The molecule has 0 bridgehead atoms. The lowest BCUT2D eigenvalue weighted by molar-refractivity contribution is 0.867. The third-order valence-corrected chi connectivity index (χ3v) is 4.27. The molecule has 1 aliphatic carbocycles. The van der Waals surface area contributed by atoms with Gasteiger partial charge in [-0.25, -0.2) is 0 Å². The summed E-state index contributed by atoms with van der Waals surface area (Å²) in [7, 11) is 0. The van der Waals surface area contributed by atoms with Crippen molar-refractivity contribution >= 4 is 6.08 Å². The van der Waals surface area contributed by atoms with E-state index in [1.807, 2.05) is 0 Å². The number of allylic oxidation sites excluding steroid dienone is 1. The van der Waals surface area contributed by atoms with E-state index >= 15 is 0 Å². The minimum Gasteiger partial charge on any atom is -0.0655 e. The van der Waals surface area contributed by atoms with Gasteiger partial charge in [-0.15, -0.1) is 0 Å². The molecule has 0 nitrogen and oxygen atoms in total. The molecule has 0 saturated carbocycles. The summed E-state index contributed by atoms with van der Waals surface area (Å²) >= 11 is 0. The van der Waals surface area contributed by atoms with Crippen LogP contribution in [-0.4, -0.2) is 0 Å². The van der Waals surface area contributed by atoms with Gasteiger partial charge in [0.1, 0.15) is 0 Å². The van der Waals surface area contributed by atoms with Crippen molar-refractivity contribution in [1.29, 1.82) is 0 Å². The van der Waals surface area contributed by atoms with Gasteiger partial charge in [-0.1, -0.05) is 74.9 Å². The standard InChI is InChI=1S/C20H22/c1-4-15-12-17-10-11-18(14(2)3)20(19(17)13-15)16-8-6-5-7-9-16/h5-11,13-14H,4,12H2,1-3H3. The van der Waals surface area contributed by atoms with E-state index in [1.165, 1.54) is 27.8 Å². The van der Waals surface area contributed by atoms with Crippen LogP contribution in [0.5, 0.6) is 0 Å². The first kappa shape index (κ1) is 13.2. The normalized spacial score (nSPS) is 13.5. The van der Waals surface area contributed by atoms with Gasteiger partial charge in [0, 0.05) is 0 Å². The van der Waals surface area contributed by atoms with E-state index in [9.17, 15) is 0 Å². The Kier molecular flexibility index (Phi) is 3.48. The lowest BCUT2D eigenvalue weighted by atomic mass is 9.87. The highest BCUT2D eigenvalue weighted by molar-refractivity contribution is 5.83. The molecular weight excluding hydrogens is 240 g/mol. The van der Waals surface area contributed by atoms with Crippen molar-refractivity contribution in [3.05, 3.63) is 64.7 Å². The molecular formula is C20H22. The van der Waals surface area contributed by atoms with Gasteiger partial charge >= 0.3 is 0 Å². The van der Waals surface area contributed by atoms with Gasteiger partial charge in [0.15, 0.2) is 0 Å². The maximum absolute atomic E-state index is 2.42. The Labute approximate surface area is 122 Å². The van der Waals surface area contributed by atoms with Crippen molar-refractivity contribution in [2.45, 2.75) is 39.5 Å². The topological polar surface area (TPSA) is 0 Å². The summed E-state index contributed by atoms with van der Waals surface area (Å²) in [6.07, 6.45) is 4.70. The monoisotopic (exact) mass is 262 g/mol. The number of hydrogen-bond acceptors (Lipinski definition) is 0. The molecule has 2 aromatic rings. The van der Waals surface area contributed by atoms with Crippen LogP contribution in [-0.2, 0) is 6.42 Å². The average Bonchev–Trinajstić information content (AvgIpc) is 2.90. The van der Waals surface area contributed by atoms with Gasteiger partial charge in [-0.3, -0.25) is 0 Å². The van der Waals surface area contributed by atoms with Crippen molar-refractivity contribution in [2.75, 3.05) is 0 Å². The predicted octanol–water partition coefficient (Wildman–Crippen LogP) is 5.83. The first-order valence-electron chi connectivity index (χ1n) is 7.61. The van der Waals surface area contributed by atoms with Crippen molar-refractivity contribution in [2.24, 2.45) is 0 Å². The van der Waals surface area contributed by atoms with Crippen LogP contribution in [0.1, 0.15) is 49.8 Å². The highest BCUT2D eigenvalue weighted by Gasteiger charge is 2.19. The van der Waals surface area contributed by atoms with Gasteiger partial charge in [0.25, 0.3) is 0 Å². The van der Waals surface area contributed by atoms with Crippen LogP contribution in [0.25, 0.3) is 17.2 Å². The van der Waals surface area contributed by atoms with E-state index < -0.39 is 0 Å². The van der Waals surface area contributed by atoms with Crippen molar-refractivity contribution in [3.8, 4) is 11.1 Å². The zero-order chi connectivity index (χ0) is 14.1. The fourth-order valence-corrected chi connectivity index (χ4v) is 3.13. The first-order chi connectivity index (χ1) is 9.70. The number of rotatable bonds is 3. The minimum atomic E-state index is 0.551. The second kappa shape index (κ2) is 5.28. The van der Waals surface area contributed by atoms with Crippen LogP contribution in [0.15, 0.2) is 48.0 Å². The summed E-state index contributed by atoms with van der Waals surface area (Å²) in [5, 5.41) is 0. The number of benzene rings is 2. The molecule has 0 heterocycles. The molecule has 1 aliphatic rings. The van der Waals surface area contributed by atoms with E-state index in [4.69, 9.17) is 0 Å². The number of hydrogen-bond donors (Lipinski definition) is 0. The Morgan fingerprint density at radius 3 is 2.40 bits per heavy atom. The van der Waals surface area contributed by atoms with Crippen molar-refractivity contribution < 1.29 is 0 Å². The van der Waals surface area contributed by atoms with Crippen LogP contribution >= 0.6 is 0 Å². The molecule has 0 N–H and O–H groups in total. The Hall–Kier alpha value is -1.82. The lowest BCUT2D eigenvalue weighted by Crippen LogP contribution is -1.97. The van der Waals surface area contributed by atoms with E-state index in [2.05, 4.69) is 69.3 Å². The summed E-state index contributed by atoms with van der Waals surface area (Å²) in [5.74, 6) is 0.551. The largest absolute Gasteiger partial charge is 0.0655 e. The molecule has 0 aliphatic heterocycles. The second-order valence-electron chi connectivity index (χ2n) is 5.96. The minimum absolute atomic E-state index is 0.551. The molecule has 0 radical (unpaired) electrons. The summed E-state index contributed by atoms with van der Waals surface area (Å²) < 4.78 is 0. The van der Waals surface area contributed by atoms with Crippen LogP contribution in [0.2, 0.25) is 0 Å². The third kappa shape index (κ3) is 2.20. The van der Waals surface area contributed by atoms with Crippen molar-refractivity contribution in [1.82, 2.24) is 0 Å². The molecule has 0 fully saturated rings. The van der Waals surface area contributed by atoms with Crippen molar-refractivity contribution in [3.63, 3.8) is 0 Å². The Balaban J connectivity index is 2.25. The van der Waals surface area contributed by atoms with Crippen LogP contribution in [0.4, 0.5) is 0 Å². The SMILES string of the molecule is CCC1=Cc2c(ccc(C(C)C)c2-c2ccccc2)C1. The molecule has 0 heteroatoms. The van der Waals surface area contributed by atoms with Crippen LogP contribution < -0.4 is 0 Å². The molecule has 0 amide bonds. The average molecular weight is 262 g/mol. The molecule has 2 aromatic carbocycles. The smallest absolute Gasteiger partial charge is 0.00577 e. The zero-order valence-electron chi connectivity index (χ0n) is 12.6. The van der Waals surface area contributed by atoms with E-state index in [0.717, 1.165) is 12.8 Å². The van der Waals surface area contributed by atoms with Gasteiger partial charge in [0.05, 0.1) is 0 Å². The second-order valence-corrected chi connectivity index (χ2v) is 5.96. The number of fused-ring (bicyclic) bond motifs is 1. The van der Waals surface area contributed by atoms with E-state index in [-0.39, 0.29) is 0 Å². The Morgan fingerprint density at radius 2 is 1.75 bits per heavy atom. The van der Waals surface area contributed by atoms with E-state index in [0.29, 0.717) is 5.92 Å². The fraction of sp³-hybridized carbons (Fsp3) is 0.300. The molecule has 0 saturated heterocycles. The van der Waals surface area contributed by atoms with E-state index in [1.54, 1.807) is 5.57 Å². The van der Waals surface area contributed by atoms with Gasteiger partial charge < -0.3 is 0 Å². The third-order valence-electron chi connectivity index (χ3n) is 4.27. The molecule has 0 atom stereocenters. The van der Waals surface area contributed by atoms with Gasteiger partial charge in [-0.2, -0.15) is 0 Å². The quantitative estimate of drug-likeness (QED) is 0.653.